The highest BCUT2D eigenvalue weighted by atomic mass is 16.4. The predicted octanol–water partition coefficient (Wildman–Crippen LogP) is 1.96. The van der Waals surface area contributed by atoms with Crippen molar-refractivity contribution in [1.82, 2.24) is 5.32 Å². The lowest BCUT2D eigenvalue weighted by molar-refractivity contribution is -0.149. The van der Waals surface area contributed by atoms with E-state index >= 15 is 0 Å². The summed E-state index contributed by atoms with van der Waals surface area (Å²) >= 11 is 0. The SMILES string of the molecule is CC1(C(=O)O)CCCC1NC(=O)C1CC2C=CC1C2. The molecule has 2 bridgehead atoms. The van der Waals surface area contributed by atoms with Crippen LogP contribution in [0.5, 0.6) is 0 Å². The lowest BCUT2D eigenvalue weighted by atomic mass is 9.84. The number of carbonyl (C=O) groups excluding carboxylic acids is 1. The molecule has 5 unspecified atom stereocenters. The Bertz CT molecular complexity index is 445. The van der Waals surface area contributed by atoms with Gasteiger partial charge in [-0.25, -0.2) is 0 Å². The summed E-state index contributed by atoms with van der Waals surface area (Å²) in [6.07, 6.45) is 8.72. The molecule has 2 fully saturated rings. The lowest BCUT2D eigenvalue weighted by Gasteiger charge is -2.29. The van der Waals surface area contributed by atoms with Gasteiger partial charge in [-0.2, -0.15) is 0 Å². The van der Waals surface area contributed by atoms with Crippen LogP contribution < -0.4 is 5.32 Å². The summed E-state index contributed by atoms with van der Waals surface area (Å²) in [6.45, 7) is 1.76. The number of allylic oxidation sites excluding steroid dienone is 2. The van der Waals surface area contributed by atoms with Crippen LogP contribution in [-0.4, -0.2) is 23.0 Å². The molecule has 0 aromatic rings. The average Bonchev–Trinajstić information content (AvgIpc) is 3.05. The smallest absolute Gasteiger partial charge is 0.311 e. The van der Waals surface area contributed by atoms with Crippen molar-refractivity contribution in [2.75, 3.05) is 0 Å². The quantitative estimate of drug-likeness (QED) is 0.765. The molecular weight excluding hydrogens is 242 g/mol. The highest BCUT2D eigenvalue weighted by molar-refractivity contribution is 5.82. The Morgan fingerprint density at radius 3 is 2.68 bits per heavy atom. The van der Waals surface area contributed by atoms with Crippen molar-refractivity contribution in [3.63, 3.8) is 0 Å². The van der Waals surface area contributed by atoms with E-state index in [0.717, 1.165) is 25.7 Å². The minimum atomic E-state index is -0.789. The third-order valence-corrected chi connectivity index (χ3v) is 5.38. The molecule has 3 aliphatic rings. The van der Waals surface area contributed by atoms with Crippen molar-refractivity contribution >= 4 is 11.9 Å². The van der Waals surface area contributed by atoms with E-state index in [4.69, 9.17) is 0 Å². The molecule has 0 aromatic carbocycles. The molecule has 1 amide bonds. The molecule has 0 saturated heterocycles. The fourth-order valence-corrected chi connectivity index (χ4v) is 4.01. The van der Waals surface area contributed by atoms with E-state index in [0.29, 0.717) is 18.3 Å². The van der Waals surface area contributed by atoms with Crippen molar-refractivity contribution in [3.05, 3.63) is 12.2 Å². The second kappa shape index (κ2) is 4.36. The number of aliphatic carboxylic acids is 1. The third kappa shape index (κ3) is 1.97. The van der Waals surface area contributed by atoms with Crippen molar-refractivity contribution in [1.29, 1.82) is 0 Å². The number of hydrogen-bond acceptors (Lipinski definition) is 2. The van der Waals surface area contributed by atoms with Gasteiger partial charge in [0.1, 0.15) is 0 Å². The summed E-state index contributed by atoms with van der Waals surface area (Å²) in [7, 11) is 0. The highest BCUT2D eigenvalue weighted by Crippen LogP contribution is 2.44. The molecule has 2 N–H and O–H groups in total. The van der Waals surface area contributed by atoms with Crippen molar-refractivity contribution < 1.29 is 14.7 Å². The van der Waals surface area contributed by atoms with Crippen molar-refractivity contribution in [2.24, 2.45) is 23.2 Å². The Hall–Kier alpha value is -1.32. The standard InChI is InChI=1S/C15H21NO3/c1-15(14(18)19)6-2-3-12(15)16-13(17)11-8-9-4-5-10(11)7-9/h4-5,9-12H,2-3,6-8H2,1H3,(H,16,17)(H,18,19). The largest absolute Gasteiger partial charge is 0.481 e. The number of nitrogens with one attached hydrogen (secondary N) is 1. The first kappa shape index (κ1) is 12.7. The van der Waals surface area contributed by atoms with E-state index in [1.165, 1.54) is 0 Å². The number of carboxylic acid groups (broad SMARTS) is 1. The van der Waals surface area contributed by atoms with Gasteiger partial charge in [-0.1, -0.05) is 18.6 Å². The summed E-state index contributed by atoms with van der Waals surface area (Å²) in [4.78, 5) is 23.8. The maximum Gasteiger partial charge on any atom is 0.311 e. The zero-order valence-corrected chi connectivity index (χ0v) is 11.3. The van der Waals surface area contributed by atoms with Gasteiger partial charge in [0.25, 0.3) is 0 Å². The Labute approximate surface area is 113 Å². The van der Waals surface area contributed by atoms with Gasteiger partial charge in [-0.05, 0) is 44.4 Å². The minimum absolute atomic E-state index is 0.0636. The first-order valence-corrected chi connectivity index (χ1v) is 7.23. The Morgan fingerprint density at radius 2 is 2.11 bits per heavy atom. The van der Waals surface area contributed by atoms with E-state index in [2.05, 4.69) is 17.5 Å². The van der Waals surface area contributed by atoms with Gasteiger partial charge in [-0.3, -0.25) is 9.59 Å². The first-order chi connectivity index (χ1) is 9.00. The normalized spacial score (nSPS) is 43.6. The van der Waals surface area contributed by atoms with E-state index in [-0.39, 0.29) is 17.9 Å². The number of carbonyl (C=O) groups is 2. The average molecular weight is 263 g/mol. The van der Waals surface area contributed by atoms with Gasteiger partial charge in [0.15, 0.2) is 0 Å². The second-order valence-electron chi connectivity index (χ2n) is 6.56. The molecule has 0 radical (unpaired) electrons. The Balaban J connectivity index is 1.67. The monoisotopic (exact) mass is 263 g/mol. The summed E-state index contributed by atoms with van der Waals surface area (Å²) < 4.78 is 0. The molecule has 19 heavy (non-hydrogen) atoms. The van der Waals surface area contributed by atoms with Gasteiger partial charge in [-0.15, -0.1) is 0 Å². The summed E-state index contributed by atoms with van der Waals surface area (Å²) in [5, 5.41) is 12.4. The molecule has 0 aromatic heterocycles. The number of hydrogen-bond donors (Lipinski definition) is 2. The number of fused-ring (bicyclic) bond motifs is 2. The van der Waals surface area contributed by atoms with Crippen molar-refractivity contribution in [3.8, 4) is 0 Å². The van der Waals surface area contributed by atoms with Gasteiger partial charge in [0, 0.05) is 12.0 Å². The molecule has 4 heteroatoms. The van der Waals surface area contributed by atoms with E-state index in [1.54, 1.807) is 6.92 Å². The van der Waals surface area contributed by atoms with Gasteiger partial charge < -0.3 is 10.4 Å². The first-order valence-electron chi connectivity index (χ1n) is 7.23. The molecule has 5 atom stereocenters. The van der Waals surface area contributed by atoms with Gasteiger partial charge in [0.05, 0.1) is 5.41 Å². The number of amides is 1. The van der Waals surface area contributed by atoms with Crippen LogP contribution in [0.1, 0.15) is 39.0 Å². The lowest BCUT2D eigenvalue weighted by Crippen LogP contribution is -2.49. The van der Waals surface area contributed by atoms with E-state index < -0.39 is 11.4 Å². The summed E-state index contributed by atoms with van der Waals surface area (Å²) in [6, 6.07) is -0.208. The van der Waals surface area contributed by atoms with Crippen molar-refractivity contribution in [2.45, 2.75) is 45.1 Å². The number of rotatable bonds is 3. The molecule has 3 aliphatic carbocycles. The molecular formula is C15H21NO3. The third-order valence-electron chi connectivity index (χ3n) is 5.38. The van der Waals surface area contributed by atoms with Crippen LogP contribution in [0.2, 0.25) is 0 Å². The zero-order valence-electron chi connectivity index (χ0n) is 11.3. The number of carboxylic acids is 1. The van der Waals surface area contributed by atoms with Gasteiger partial charge in [0.2, 0.25) is 5.91 Å². The van der Waals surface area contributed by atoms with Gasteiger partial charge >= 0.3 is 5.97 Å². The van der Waals surface area contributed by atoms with Crippen LogP contribution in [0.25, 0.3) is 0 Å². The zero-order chi connectivity index (χ0) is 13.6. The molecule has 0 spiro atoms. The molecule has 0 aliphatic heterocycles. The fourth-order valence-electron chi connectivity index (χ4n) is 4.01. The molecule has 3 rings (SSSR count). The molecule has 4 nitrogen and oxygen atoms in total. The Kier molecular flexibility index (Phi) is 2.91. The molecule has 0 heterocycles. The van der Waals surface area contributed by atoms with Crippen LogP contribution in [0.15, 0.2) is 12.2 Å². The van der Waals surface area contributed by atoms with Crippen LogP contribution >= 0.6 is 0 Å². The fraction of sp³-hybridized carbons (Fsp3) is 0.733. The van der Waals surface area contributed by atoms with Crippen LogP contribution in [0.3, 0.4) is 0 Å². The summed E-state index contributed by atoms with van der Waals surface area (Å²) in [5.41, 5.74) is -0.789. The van der Waals surface area contributed by atoms with Crippen LogP contribution in [0.4, 0.5) is 0 Å². The topological polar surface area (TPSA) is 66.4 Å². The molecule has 104 valence electrons. The molecule has 2 saturated carbocycles. The van der Waals surface area contributed by atoms with E-state index in [9.17, 15) is 14.7 Å². The second-order valence-corrected chi connectivity index (χ2v) is 6.56. The Morgan fingerprint density at radius 1 is 1.32 bits per heavy atom. The highest BCUT2D eigenvalue weighted by Gasteiger charge is 2.47. The van der Waals surface area contributed by atoms with E-state index in [1.807, 2.05) is 0 Å². The summed E-state index contributed by atoms with van der Waals surface area (Å²) in [5.74, 6) is 0.283. The van der Waals surface area contributed by atoms with Crippen LogP contribution in [-0.2, 0) is 9.59 Å². The van der Waals surface area contributed by atoms with Crippen LogP contribution in [0, 0.1) is 23.2 Å². The maximum atomic E-state index is 12.4. The minimum Gasteiger partial charge on any atom is -0.481 e. The predicted molar refractivity (Wildman–Crippen MR) is 70.4 cm³/mol. The maximum absolute atomic E-state index is 12.4.